The third-order valence-corrected chi connectivity index (χ3v) is 3.73. The van der Waals surface area contributed by atoms with Gasteiger partial charge in [0.15, 0.2) is 0 Å². The first kappa shape index (κ1) is 17.4. The van der Waals surface area contributed by atoms with E-state index in [1.54, 1.807) is 7.11 Å². The number of nitrogens with one attached hydrogen (secondary N) is 2. The van der Waals surface area contributed by atoms with Crippen LogP contribution in [0.5, 0.6) is 5.75 Å². The molecule has 1 aromatic rings. The molecule has 1 aromatic carbocycles. The van der Waals surface area contributed by atoms with E-state index in [1.165, 1.54) is 12.5 Å². The summed E-state index contributed by atoms with van der Waals surface area (Å²) in [6.45, 7) is 8.42. The molecule has 0 bridgehead atoms. The lowest BCUT2D eigenvalue weighted by Crippen LogP contribution is -2.06. The number of anilines is 2. The van der Waals surface area contributed by atoms with Crippen LogP contribution in [-0.2, 0) is 4.79 Å². The van der Waals surface area contributed by atoms with Gasteiger partial charge in [-0.25, -0.2) is 0 Å². The zero-order valence-electron chi connectivity index (χ0n) is 13.0. The number of aldehydes is 1. The van der Waals surface area contributed by atoms with Gasteiger partial charge in [0.25, 0.3) is 0 Å². The van der Waals surface area contributed by atoms with E-state index in [0.717, 1.165) is 41.1 Å². The van der Waals surface area contributed by atoms with Crippen LogP contribution in [0, 0.1) is 0 Å². The van der Waals surface area contributed by atoms with Gasteiger partial charge in [-0.2, -0.15) is 0 Å². The molecule has 1 atom stereocenters. The van der Waals surface area contributed by atoms with Crippen LogP contribution in [0.4, 0.5) is 11.4 Å². The minimum atomic E-state index is 0.325. The quantitative estimate of drug-likeness (QED) is 0.657. The van der Waals surface area contributed by atoms with Gasteiger partial charge in [0.1, 0.15) is 12.0 Å². The summed E-state index contributed by atoms with van der Waals surface area (Å²) in [7, 11) is 3.58. The first-order valence-electron chi connectivity index (χ1n) is 6.83. The first-order chi connectivity index (χ1) is 10.0. The molecule has 0 saturated carbocycles. The second-order valence-electron chi connectivity index (χ2n) is 4.79. The number of rotatable bonds is 4. The number of ether oxygens (including phenoxy) is 1. The van der Waals surface area contributed by atoms with E-state index in [1.807, 2.05) is 20.0 Å². The van der Waals surface area contributed by atoms with Crippen molar-refractivity contribution in [3.63, 3.8) is 0 Å². The summed E-state index contributed by atoms with van der Waals surface area (Å²) < 4.78 is 5.44. The summed E-state index contributed by atoms with van der Waals surface area (Å²) in [6, 6.07) is 2.03. The van der Waals surface area contributed by atoms with E-state index in [4.69, 9.17) is 21.1 Å². The second kappa shape index (κ2) is 7.93. The van der Waals surface area contributed by atoms with Crippen molar-refractivity contribution in [2.45, 2.75) is 19.8 Å². The van der Waals surface area contributed by atoms with Crippen LogP contribution < -0.4 is 15.4 Å². The van der Waals surface area contributed by atoms with E-state index in [2.05, 4.69) is 17.2 Å². The van der Waals surface area contributed by atoms with E-state index in [-0.39, 0.29) is 0 Å². The van der Waals surface area contributed by atoms with Crippen LogP contribution in [-0.4, -0.2) is 32.9 Å². The maximum Gasteiger partial charge on any atom is 0.144 e. The highest BCUT2D eigenvalue weighted by Crippen LogP contribution is 2.45. The van der Waals surface area contributed by atoms with Crippen molar-refractivity contribution in [3.8, 4) is 5.75 Å². The lowest BCUT2D eigenvalue weighted by Gasteiger charge is -2.20. The number of allylic oxidation sites excluding steroid dienone is 1. The molecule has 0 saturated heterocycles. The number of hydrogen-bond acceptors (Lipinski definition) is 4. The van der Waals surface area contributed by atoms with Gasteiger partial charge in [-0.15, -0.1) is 11.6 Å². The Labute approximate surface area is 131 Å². The van der Waals surface area contributed by atoms with Gasteiger partial charge >= 0.3 is 0 Å². The fraction of sp³-hybridized carbons (Fsp3) is 0.438. The number of methoxy groups -OCH3 is 1. The van der Waals surface area contributed by atoms with Crippen molar-refractivity contribution in [2.24, 2.45) is 0 Å². The van der Waals surface area contributed by atoms with Crippen LogP contribution in [0.1, 0.15) is 30.9 Å². The van der Waals surface area contributed by atoms with Crippen molar-refractivity contribution in [1.82, 2.24) is 0 Å². The Morgan fingerprint density at radius 1 is 1.67 bits per heavy atom. The maximum absolute atomic E-state index is 8.81. The highest BCUT2D eigenvalue weighted by atomic mass is 35.5. The fourth-order valence-corrected chi connectivity index (χ4v) is 2.83. The summed E-state index contributed by atoms with van der Waals surface area (Å²) >= 11 is 6.06. The summed E-state index contributed by atoms with van der Waals surface area (Å²) in [5.41, 5.74) is 5.50. The minimum Gasteiger partial charge on any atom is -0.494 e. The van der Waals surface area contributed by atoms with E-state index in [9.17, 15) is 0 Å². The van der Waals surface area contributed by atoms with Gasteiger partial charge < -0.3 is 20.2 Å². The normalized spacial score (nSPS) is 15.2. The molecular formula is C16H23ClN2O2. The molecule has 4 nitrogen and oxygen atoms in total. The average Bonchev–Trinajstić information content (AvgIpc) is 2.88. The smallest absolute Gasteiger partial charge is 0.144 e. The Kier molecular flexibility index (Phi) is 6.56. The molecule has 1 heterocycles. The average molecular weight is 311 g/mol. The minimum absolute atomic E-state index is 0.325. The van der Waals surface area contributed by atoms with Gasteiger partial charge in [0, 0.05) is 42.7 Å². The molecule has 21 heavy (non-hydrogen) atoms. The lowest BCUT2D eigenvalue weighted by atomic mass is 9.91. The topological polar surface area (TPSA) is 50.4 Å². The SMILES string of the molecule is C=C(C)c1c(NC)c(OC)cc2c1C(CCl)CN2.CC=O. The van der Waals surface area contributed by atoms with Gasteiger partial charge in [-0.3, -0.25) is 0 Å². The molecule has 1 aliphatic heterocycles. The fourth-order valence-electron chi connectivity index (χ4n) is 2.56. The summed E-state index contributed by atoms with van der Waals surface area (Å²) in [5, 5.41) is 6.60. The molecule has 5 heteroatoms. The van der Waals surface area contributed by atoms with Crippen LogP contribution in [0.2, 0.25) is 0 Å². The van der Waals surface area contributed by atoms with Crippen molar-refractivity contribution in [3.05, 3.63) is 23.8 Å². The van der Waals surface area contributed by atoms with Gasteiger partial charge in [0.05, 0.1) is 12.8 Å². The third kappa shape index (κ3) is 3.50. The van der Waals surface area contributed by atoms with Gasteiger partial charge in [0.2, 0.25) is 0 Å². The van der Waals surface area contributed by atoms with Crippen LogP contribution in [0.15, 0.2) is 12.6 Å². The van der Waals surface area contributed by atoms with Crippen molar-refractivity contribution >= 4 is 34.8 Å². The highest BCUT2D eigenvalue weighted by Gasteiger charge is 2.28. The number of carbonyl (C=O) groups is 1. The molecule has 0 aromatic heterocycles. The molecule has 1 aliphatic rings. The largest absolute Gasteiger partial charge is 0.494 e. The number of fused-ring (bicyclic) bond motifs is 1. The zero-order valence-corrected chi connectivity index (χ0v) is 13.8. The molecule has 2 rings (SSSR count). The molecule has 0 spiro atoms. The highest BCUT2D eigenvalue weighted by molar-refractivity contribution is 6.18. The monoisotopic (exact) mass is 310 g/mol. The molecule has 0 amide bonds. The Balaban J connectivity index is 0.000000677. The number of carbonyl (C=O) groups excluding carboxylic acids is 1. The molecule has 2 N–H and O–H groups in total. The second-order valence-corrected chi connectivity index (χ2v) is 5.10. The Morgan fingerprint density at radius 3 is 2.71 bits per heavy atom. The lowest BCUT2D eigenvalue weighted by molar-refractivity contribution is -0.106. The first-order valence-corrected chi connectivity index (χ1v) is 7.37. The summed E-state index contributed by atoms with van der Waals surface area (Å²) in [4.78, 5) is 8.81. The molecule has 116 valence electrons. The maximum atomic E-state index is 8.81. The van der Waals surface area contributed by atoms with Crippen molar-refractivity contribution < 1.29 is 9.53 Å². The number of hydrogen-bond donors (Lipinski definition) is 2. The molecule has 0 radical (unpaired) electrons. The Bertz CT molecular complexity index is 529. The Hall–Kier alpha value is -1.68. The van der Waals surface area contributed by atoms with Crippen LogP contribution >= 0.6 is 11.6 Å². The Morgan fingerprint density at radius 2 is 2.29 bits per heavy atom. The molecular weight excluding hydrogens is 288 g/mol. The van der Waals surface area contributed by atoms with Crippen LogP contribution in [0.3, 0.4) is 0 Å². The van der Waals surface area contributed by atoms with E-state index in [0.29, 0.717) is 11.8 Å². The molecule has 0 fully saturated rings. The predicted octanol–water partition coefficient (Wildman–Crippen LogP) is 3.72. The van der Waals surface area contributed by atoms with Gasteiger partial charge in [-0.1, -0.05) is 6.58 Å². The van der Waals surface area contributed by atoms with Gasteiger partial charge in [-0.05, 0) is 25.0 Å². The third-order valence-electron chi connectivity index (χ3n) is 3.36. The summed E-state index contributed by atoms with van der Waals surface area (Å²) in [5.74, 6) is 1.76. The zero-order chi connectivity index (χ0) is 16.0. The molecule has 1 unspecified atom stereocenters. The number of benzene rings is 1. The molecule has 0 aliphatic carbocycles. The van der Waals surface area contributed by atoms with Crippen LogP contribution in [0.25, 0.3) is 5.57 Å². The van der Waals surface area contributed by atoms with Crippen molar-refractivity contribution in [2.75, 3.05) is 37.2 Å². The predicted molar refractivity (Wildman–Crippen MR) is 90.9 cm³/mol. The standard InChI is InChI=1S/C14H19ClN2O.C2H4O/c1-8(2)12-13-9(6-15)7-17-10(13)5-11(18-4)14(12)16-3;1-2-3/h5,9,16-17H,1,6-7H2,2-4H3;2H,1H3. The number of alkyl halides is 1. The summed E-state index contributed by atoms with van der Waals surface area (Å²) in [6.07, 6.45) is 0.750. The van der Waals surface area contributed by atoms with E-state index >= 15 is 0 Å². The van der Waals surface area contributed by atoms with E-state index < -0.39 is 0 Å². The van der Waals surface area contributed by atoms with Crippen molar-refractivity contribution in [1.29, 1.82) is 0 Å². The number of halogens is 1.